The molecule has 0 bridgehead atoms. The third-order valence-corrected chi connectivity index (χ3v) is 4.82. The van der Waals surface area contributed by atoms with Gasteiger partial charge in [-0.3, -0.25) is 5.43 Å². The zero-order valence-electron chi connectivity index (χ0n) is 16.7. The van der Waals surface area contributed by atoms with E-state index in [9.17, 15) is 4.79 Å². The predicted octanol–water partition coefficient (Wildman–Crippen LogP) is 4.13. The second-order valence-electron chi connectivity index (χ2n) is 6.13. The number of ether oxygens (including phenoxy) is 3. The molecule has 1 aromatic heterocycles. The molecule has 0 aliphatic heterocycles. The SMILES string of the molecule is COc1cc(C=NNc2nc(-c3ccccc3)cs2)cc(OC)c1OC(C)C(=O)O. The lowest BCUT2D eigenvalue weighted by Crippen LogP contribution is -2.23. The molecule has 30 heavy (non-hydrogen) atoms. The smallest absolute Gasteiger partial charge is 0.344 e. The first-order valence-corrected chi connectivity index (χ1v) is 9.85. The molecule has 156 valence electrons. The number of methoxy groups -OCH3 is 2. The molecule has 3 rings (SSSR count). The van der Waals surface area contributed by atoms with Crippen molar-refractivity contribution < 1.29 is 24.1 Å². The van der Waals surface area contributed by atoms with Crippen LogP contribution in [-0.4, -0.2) is 42.6 Å². The number of carboxylic acid groups (broad SMARTS) is 1. The van der Waals surface area contributed by atoms with Crippen LogP contribution >= 0.6 is 11.3 Å². The van der Waals surface area contributed by atoms with E-state index in [2.05, 4.69) is 15.5 Å². The van der Waals surface area contributed by atoms with Crippen molar-refractivity contribution in [3.8, 4) is 28.5 Å². The first-order chi connectivity index (χ1) is 14.5. The molecular weight excluding hydrogens is 406 g/mol. The maximum Gasteiger partial charge on any atom is 0.344 e. The number of carbonyl (C=O) groups is 1. The number of carboxylic acids is 1. The van der Waals surface area contributed by atoms with Gasteiger partial charge in [0.15, 0.2) is 17.6 Å². The number of nitrogens with one attached hydrogen (secondary N) is 1. The summed E-state index contributed by atoms with van der Waals surface area (Å²) in [4.78, 5) is 15.6. The number of aliphatic carboxylic acids is 1. The summed E-state index contributed by atoms with van der Waals surface area (Å²) < 4.78 is 16.1. The van der Waals surface area contributed by atoms with Crippen LogP contribution in [0.25, 0.3) is 11.3 Å². The quantitative estimate of drug-likeness (QED) is 0.391. The first kappa shape index (κ1) is 21.1. The highest BCUT2D eigenvalue weighted by Gasteiger charge is 2.20. The van der Waals surface area contributed by atoms with Crippen LogP contribution in [0.1, 0.15) is 12.5 Å². The predicted molar refractivity (Wildman–Crippen MR) is 116 cm³/mol. The molecule has 9 heteroatoms. The Labute approximate surface area is 177 Å². The molecular formula is C21H21N3O5S. The fourth-order valence-electron chi connectivity index (χ4n) is 2.55. The third-order valence-electron chi connectivity index (χ3n) is 4.07. The number of hydrazone groups is 1. The molecule has 0 saturated heterocycles. The van der Waals surface area contributed by atoms with Crippen molar-refractivity contribution in [1.82, 2.24) is 4.98 Å². The van der Waals surface area contributed by atoms with Crippen LogP contribution in [0.4, 0.5) is 5.13 Å². The summed E-state index contributed by atoms with van der Waals surface area (Å²) in [6.07, 6.45) is 0.525. The second-order valence-corrected chi connectivity index (χ2v) is 6.98. The Morgan fingerprint density at radius 3 is 2.47 bits per heavy atom. The van der Waals surface area contributed by atoms with Gasteiger partial charge < -0.3 is 19.3 Å². The van der Waals surface area contributed by atoms with E-state index < -0.39 is 12.1 Å². The van der Waals surface area contributed by atoms with Gasteiger partial charge in [-0.25, -0.2) is 9.78 Å². The molecule has 0 amide bonds. The molecule has 2 N–H and O–H groups in total. The topological polar surface area (TPSA) is 102 Å². The molecule has 2 aromatic carbocycles. The van der Waals surface area contributed by atoms with Gasteiger partial charge in [0, 0.05) is 16.5 Å². The van der Waals surface area contributed by atoms with E-state index in [4.69, 9.17) is 19.3 Å². The summed E-state index contributed by atoms with van der Waals surface area (Å²) in [7, 11) is 2.93. The highest BCUT2D eigenvalue weighted by molar-refractivity contribution is 7.14. The number of benzene rings is 2. The monoisotopic (exact) mass is 427 g/mol. The van der Waals surface area contributed by atoms with Crippen molar-refractivity contribution in [2.24, 2.45) is 5.10 Å². The lowest BCUT2D eigenvalue weighted by atomic mass is 10.2. The van der Waals surface area contributed by atoms with Crippen molar-refractivity contribution >= 4 is 28.7 Å². The van der Waals surface area contributed by atoms with Crippen molar-refractivity contribution in [3.63, 3.8) is 0 Å². The van der Waals surface area contributed by atoms with Crippen LogP contribution in [-0.2, 0) is 4.79 Å². The summed E-state index contributed by atoms with van der Waals surface area (Å²) in [5.41, 5.74) is 5.48. The molecule has 0 saturated carbocycles. The Morgan fingerprint density at radius 2 is 1.87 bits per heavy atom. The summed E-state index contributed by atoms with van der Waals surface area (Å²) in [6, 6.07) is 13.2. The van der Waals surface area contributed by atoms with Crippen LogP contribution in [0.3, 0.4) is 0 Å². The molecule has 0 aliphatic rings. The number of thiazole rings is 1. The summed E-state index contributed by atoms with van der Waals surface area (Å²) >= 11 is 1.45. The van der Waals surface area contributed by atoms with Gasteiger partial charge in [0.2, 0.25) is 10.9 Å². The minimum Gasteiger partial charge on any atom is -0.493 e. The average molecular weight is 427 g/mol. The second kappa shape index (κ2) is 9.75. The minimum absolute atomic E-state index is 0.215. The Balaban J connectivity index is 1.75. The van der Waals surface area contributed by atoms with E-state index in [0.717, 1.165) is 11.3 Å². The maximum atomic E-state index is 11.1. The zero-order valence-corrected chi connectivity index (χ0v) is 17.5. The molecule has 0 spiro atoms. The number of rotatable bonds is 9. The van der Waals surface area contributed by atoms with Crippen molar-refractivity contribution in [2.45, 2.75) is 13.0 Å². The van der Waals surface area contributed by atoms with E-state index in [1.165, 1.54) is 32.5 Å². The van der Waals surface area contributed by atoms with Gasteiger partial charge in [-0.1, -0.05) is 30.3 Å². The van der Waals surface area contributed by atoms with Crippen molar-refractivity contribution in [2.75, 3.05) is 19.6 Å². The summed E-state index contributed by atoms with van der Waals surface area (Å²) in [5, 5.41) is 15.9. The average Bonchev–Trinajstić information content (AvgIpc) is 3.23. The number of hydrogen-bond acceptors (Lipinski definition) is 8. The number of nitrogens with zero attached hydrogens (tertiary/aromatic N) is 2. The zero-order chi connectivity index (χ0) is 21.5. The molecule has 0 radical (unpaired) electrons. The van der Waals surface area contributed by atoms with E-state index in [1.807, 2.05) is 35.7 Å². The molecule has 3 aromatic rings. The Bertz CT molecular complexity index is 1010. The highest BCUT2D eigenvalue weighted by Crippen LogP contribution is 2.39. The van der Waals surface area contributed by atoms with Crippen molar-refractivity contribution in [1.29, 1.82) is 0 Å². The third kappa shape index (κ3) is 5.06. The fourth-order valence-corrected chi connectivity index (χ4v) is 3.22. The van der Waals surface area contributed by atoms with Crippen LogP contribution in [0.5, 0.6) is 17.2 Å². The fraction of sp³-hybridized carbons (Fsp3) is 0.190. The Kier molecular flexibility index (Phi) is 6.87. The lowest BCUT2D eigenvalue weighted by Gasteiger charge is -2.17. The van der Waals surface area contributed by atoms with E-state index in [-0.39, 0.29) is 5.75 Å². The van der Waals surface area contributed by atoms with Crippen LogP contribution in [0, 0.1) is 0 Å². The summed E-state index contributed by atoms with van der Waals surface area (Å²) in [5.74, 6) is -0.200. The van der Waals surface area contributed by atoms with E-state index in [0.29, 0.717) is 22.2 Å². The van der Waals surface area contributed by atoms with Gasteiger partial charge in [0.05, 0.1) is 26.1 Å². The van der Waals surface area contributed by atoms with Gasteiger partial charge in [-0.05, 0) is 19.1 Å². The van der Waals surface area contributed by atoms with Crippen molar-refractivity contribution in [3.05, 3.63) is 53.4 Å². The van der Waals surface area contributed by atoms with Crippen LogP contribution < -0.4 is 19.6 Å². The number of anilines is 1. The largest absolute Gasteiger partial charge is 0.493 e. The number of hydrogen-bond donors (Lipinski definition) is 2. The highest BCUT2D eigenvalue weighted by atomic mass is 32.1. The van der Waals surface area contributed by atoms with Gasteiger partial charge >= 0.3 is 5.97 Å². The van der Waals surface area contributed by atoms with E-state index in [1.54, 1.807) is 18.3 Å². The first-order valence-electron chi connectivity index (χ1n) is 8.97. The van der Waals surface area contributed by atoms with E-state index >= 15 is 0 Å². The molecule has 1 heterocycles. The van der Waals surface area contributed by atoms with Crippen LogP contribution in [0.2, 0.25) is 0 Å². The Hall–Kier alpha value is -3.59. The molecule has 1 unspecified atom stereocenters. The Morgan fingerprint density at radius 1 is 1.20 bits per heavy atom. The van der Waals surface area contributed by atoms with Gasteiger partial charge in [0.1, 0.15) is 0 Å². The van der Waals surface area contributed by atoms with Gasteiger partial charge in [-0.2, -0.15) is 5.10 Å². The van der Waals surface area contributed by atoms with Gasteiger partial charge in [-0.15, -0.1) is 11.3 Å². The molecule has 0 fully saturated rings. The molecule has 0 aliphatic carbocycles. The normalized spacial score (nSPS) is 11.8. The lowest BCUT2D eigenvalue weighted by molar-refractivity contribution is -0.144. The number of aromatic nitrogens is 1. The minimum atomic E-state index is -1.09. The standard InChI is InChI=1S/C21H21N3O5S/c1-13(20(25)26)29-19-17(27-2)9-14(10-18(19)28-3)11-22-24-21-23-16(12-30-21)15-7-5-4-6-8-15/h4-13H,1-3H3,(H,23,24)(H,25,26). The summed E-state index contributed by atoms with van der Waals surface area (Å²) in [6.45, 7) is 1.43. The molecule has 1 atom stereocenters. The maximum absolute atomic E-state index is 11.1. The molecule has 8 nitrogen and oxygen atoms in total. The van der Waals surface area contributed by atoms with Crippen LogP contribution in [0.15, 0.2) is 52.9 Å². The van der Waals surface area contributed by atoms with Gasteiger partial charge in [0.25, 0.3) is 0 Å².